The van der Waals surface area contributed by atoms with Crippen LogP contribution in [-0.4, -0.2) is 22.6 Å². The Bertz CT molecular complexity index is 1290. The van der Waals surface area contributed by atoms with Gasteiger partial charge in [-0.2, -0.15) is 0 Å². The first kappa shape index (κ1) is 24.3. The number of terminal acetylenes is 1. The number of halogens is 2. The molecule has 0 unspecified atom stereocenters. The van der Waals surface area contributed by atoms with Crippen LogP contribution in [0, 0.1) is 12.3 Å². The molecular weight excluding hydrogens is 576 g/mol. The SMILES string of the molecule is C#CCOc1c(Br)cc(Br)cc1/C=C1/SC(=NCc2ccccc2)N(Cc2ccccc2)C1=O. The number of benzene rings is 3. The van der Waals surface area contributed by atoms with E-state index in [1.165, 1.54) is 11.8 Å². The molecule has 4 rings (SSSR count). The van der Waals surface area contributed by atoms with Gasteiger partial charge in [0.25, 0.3) is 5.91 Å². The van der Waals surface area contributed by atoms with E-state index in [9.17, 15) is 4.79 Å². The molecule has 3 aromatic carbocycles. The van der Waals surface area contributed by atoms with Crippen LogP contribution in [0.2, 0.25) is 0 Å². The molecule has 7 heteroatoms. The van der Waals surface area contributed by atoms with Crippen LogP contribution >= 0.6 is 43.6 Å². The molecule has 1 heterocycles. The maximum atomic E-state index is 13.5. The lowest BCUT2D eigenvalue weighted by molar-refractivity contribution is -0.122. The summed E-state index contributed by atoms with van der Waals surface area (Å²) in [6.07, 6.45) is 7.22. The molecule has 34 heavy (non-hydrogen) atoms. The first-order chi connectivity index (χ1) is 16.5. The molecule has 4 nitrogen and oxygen atoms in total. The van der Waals surface area contributed by atoms with E-state index in [4.69, 9.17) is 16.2 Å². The van der Waals surface area contributed by atoms with E-state index >= 15 is 0 Å². The number of hydrogen-bond donors (Lipinski definition) is 0. The number of thioether (sulfide) groups is 1. The second-order valence-corrected chi connectivity index (χ2v) is 10.1. The summed E-state index contributed by atoms with van der Waals surface area (Å²) in [6, 6.07) is 23.7. The lowest BCUT2D eigenvalue weighted by atomic mass is 10.1. The van der Waals surface area contributed by atoms with Gasteiger partial charge in [-0.25, -0.2) is 0 Å². The highest BCUT2D eigenvalue weighted by molar-refractivity contribution is 9.11. The van der Waals surface area contributed by atoms with Crippen molar-refractivity contribution >= 4 is 60.8 Å². The van der Waals surface area contributed by atoms with Crippen molar-refractivity contribution in [3.8, 4) is 18.1 Å². The zero-order valence-corrected chi connectivity index (χ0v) is 22.1. The highest BCUT2D eigenvalue weighted by atomic mass is 79.9. The third kappa shape index (κ3) is 6.01. The first-order valence-electron chi connectivity index (χ1n) is 10.4. The Hall–Kier alpha value is -2.79. The molecule has 0 radical (unpaired) electrons. The van der Waals surface area contributed by atoms with Gasteiger partial charge in [-0.3, -0.25) is 14.7 Å². The predicted molar refractivity (Wildman–Crippen MR) is 146 cm³/mol. The highest BCUT2D eigenvalue weighted by Gasteiger charge is 2.33. The van der Waals surface area contributed by atoms with E-state index in [2.05, 4.69) is 37.8 Å². The maximum Gasteiger partial charge on any atom is 0.267 e. The molecule has 0 spiro atoms. The minimum Gasteiger partial charge on any atom is -0.479 e. The molecule has 0 saturated carbocycles. The van der Waals surface area contributed by atoms with Gasteiger partial charge >= 0.3 is 0 Å². The molecule has 3 aromatic rings. The van der Waals surface area contributed by atoms with E-state index in [1.807, 2.05) is 78.9 Å². The number of amidine groups is 1. The topological polar surface area (TPSA) is 41.9 Å². The minimum absolute atomic E-state index is 0.0975. The van der Waals surface area contributed by atoms with Gasteiger partial charge in [-0.1, -0.05) is 82.5 Å². The number of amides is 1. The molecule has 0 aromatic heterocycles. The third-order valence-corrected chi connectivity index (χ3v) is 7.03. The number of rotatable bonds is 7. The number of aliphatic imine (C=N–C) groups is 1. The van der Waals surface area contributed by atoms with E-state index in [-0.39, 0.29) is 12.5 Å². The fraction of sp³-hybridized carbons (Fsp3) is 0.111. The maximum absolute atomic E-state index is 13.5. The van der Waals surface area contributed by atoms with E-state index in [1.54, 1.807) is 4.90 Å². The Kier molecular flexibility index (Phi) is 8.28. The van der Waals surface area contributed by atoms with Gasteiger partial charge in [0.15, 0.2) is 5.17 Å². The van der Waals surface area contributed by atoms with Gasteiger partial charge in [0, 0.05) is 10.0 Å². The fourth-order valence-electron chi connectivity index (χ4n) is 3.37. The van der Waals surface area contributed by atoms with Crippen LogP contribution in [0.3, 0.4) is 0 Å². The second kappa shape index (κ2) is 11.6. The molecule has 1 aliphatic heterocycles. The number of nitrogens with zero attached hydrogens (tertiary/aromatic N) is 2. The standard InChI is InChI=1S/C27H20Br2N2O2S/c1-2-13-33-25-21(14-22(28)16-23(25)29)15-24-26(32)31(18-20-11-7-4-8-12-20)27(34-24)30-17-19-9-5-3-6-10-19/h1,3-12,14-16H,13,17-18H2/b24-15+,30-27?. The largest absolute Gasteiger partial charge is 0.479 e. The average Bonchev–Trinajstić information content (AvgIpc) is 3.12. The van der Waals surface area contributed by atoms with Crippen molar-refractivity contribution in [2.24, 2.45) is 4.99 Å². The zero-order chi connectivity index (χ0) is 23.9. The van der Waals surface area contributed by atoms with Gasteiger partial charge in [-0.15, -0.1) is 6.42 Å². The zero-order valence-electron chi connectivity index (χ0n) is 18.1. The van der Waals surface area contributed by atoms with Crippen molar-refractivity contribution in [2.75, 3.05) is 6.61 Å². The van der Waals surface area contributed by atoms with Crippen molar-refractivity contribution in [3.63, 3.8) is 0 Å². The summed E-state index contributed by atoms with van der Waals surface area (Å²) in [7, 11) is 0. The average molecular weight is 596 g/mol. The Morgan fingerprint density at radius 2 is 1.71 bits per heavy atom. The summed E-state index contributed by atoms with van der Waals surface area (Å²) in [5, 5.41) is 0.670. The molecule has 1 aliphatic rings. The van der Waals surface area contributed by atoms with Crippen molar-refractivity contribution < 1.29 is 9.53 Å². The number of carbonyl (C=O) groups excluding carboxylic acids is 1. The van der Waals surface area contributed by atoms with Crippen molar-refractivity contribution in [3.05, 3.63) is 103 Å². The number of carbonyl (C=O) groups is 1. The summed E-state index contributed by atoms with van der Waals surface area (Å²) in [5.41, 5.74) is 2.87. The van der Waals surface area contributed by atoms with Gasteiger partial charge in [-0.05, 0) is 57.0 Å². The first-order valence-corrected chi connectivity index (χ1v) is 12.8. The summed E-state index contributed by atoms with van der Waals surface area (Å²) in [5.74, 6) is 2.98. The minimum atomic E-state index is -0.0975. The summed E-state index contributed by atoms with van der Waals surface area (Å²) in [4.78, 5) is 20.6. The summed E-state index contributed by atoms with van der Waals surface area (Å²) < 4.78 is 7.36. The van der Waals surface area contributed by atoms with Crippen molar-refractivity contribution in [2.45, 2.75) is 13.1 Å². The molecule has 0 bridgehead atoms. The van der Waals surface area contributed by atoms with Crippen LogP contribution in [0.1, 0.15) is 16.7 Å². The van der Waals surface area contributed by atoms with Crippen LogP contribution in [0.15, 0.2) is 91.6 Å². The van der Waals surface area contributed by atoms with Crippen LogP contribution in [0.25, 0.3) is 6.08 Å². The summed E-state index contributed by atoms with van der Waals surface area (Å²) in [6.45, 7) is 1.07. The quantitative estimate of drug-likeness (QED) is 0.220. The van der Waals surface area contributed by atoms with Crippen LogP contribution in [0.5, 0.6) is 5.75 Å². The smallest absolute Gasteiger partial charge is 0.267 e. The van der Waals surface area contributed by atoms with E-state index < -0.39 is 0 Å². The van der Waals surface area contributed by atoms with Crippen molar-refractivity contribution in [1.29, 1.82) is 0 Å². The van der Waals surface area contributed by atoms with Crippen LogP contribution in [-0.2, 0) is 17.9 Å². The molecule has 0 atom stereocenters. The van der Waals surface area contributed by atoms with Gasteiger partial charge in [0.1, 0.15) is 12.4 Å². The molecule has 1 fully saturated rings. The van der Waals surface area contributed by atoms with Gasteiger partial charge < -0.3 is 4.74 Å². The van der Waals surface area contributed by atoms with E-state index in [0.717, 1.165) is 25.6 Å². The molecule has 0 N–H and O–H groups in total. The Morgan fingerprint density at radius 1 is 1.03 bits per heavy atom. The van der Waals surface area contributed by atoms with E-state index in [0.29, 0.717) is 28.9 Å². The molecular formula is C27H20Br2N2O2S. The number of ether oxygens (including phenoxy) is 1. The normalized spacial score (nSPS) is 15.7. The monoisotopic (exact) mass is 594 g/mol. The Labute approximate surface area is 220 Å². The third-order valence-electron chi connectivity index (χ3n) is 4.93. The highest BCUT2D eigenvalue weighted by Crippen LogP contribution is 2.39. The Balaban J connectivity index is 1.69. The van der Waals surface area contributed by atoms with Crippen molar-refractivity contribution in [1.82, 2.24) is 4.90 Å². The lowest BCUT2D eigenvalue weighted by Crippen LogP contribution is -2.28. The molecule has 1 amide bonds. The van der Waals surface area contributed by atoms with Gasteiger partial charge in [0.2, 0.25) is 0 Å². The van der Waals surface area contributed by atoms with Crippen LogP contribution in [0.4, 0.5) is 0 Å². The molecule has 0 aliphatic carbocycles. The fourth-order valence-corrected chi connectivity index (χ4v) is 5.71. The Morgan fingerprint density at radius 3 is 2.38 bits per heavy atom. The second-order valence-electron chi connectivity index (χ2n) is 7.37. The lowest BCUT2D eigenvalue weighted by Gasteiger charge is -2.15. The molecule has 170 valence electrons. The molecule has 1 saturated heterocycles. The van der Waals surface area contributed by atoms with Crippen LogP contribution < -0.4 is 4.74 Å². The number of hydrogen-bond acceptors (Lipinski definition) is 4. The van der Waals surface area contributed by atoms with Gasteiger partial charge in [0.05, 0.1) is 22.5 Å². The predicted octanol–water partition coefficient (Wildman–Crippen LogP) is 6.90. The summed E-state index contributed by atoms with van der Waals surface area (Å²) >= 11 is 8.42.